The Hall–Kier alpha value is -2.45. The summed E-state index contributed by atoms with van der Waals surface area (Å²) < 4.78 is 32.6. The third-order valence-electron chi connectivity index (χ3n) is 3.42. The third kappa shape index (κ3) is 4.30. The van der Waals surface area contributed by atoms with Crippen LogP contribution in [0.1, 0.15) is 11.1 Å². The first-order valence-corrected chi connectivity index (χ1v) is 8.73. The molecule has 24 heavy (non-hydrogen) atoms. The van der Waals surface area contributed by atoms with Crippen molar-refractivity contribution in [2.75, 3.05) is 13.2 Å². The van der Waals surface area contributed by atoms with Crippen LogP contribution in [0.2, 0.25) is 0 Å². The summed E-state index contributed by atoms with van der Waals surface area (Å²) >= 11 is 0. The van der Waals surface area contributed by atoms with Crippen LogP contribution in [-0.2, 0) is 10.0 Å². The van der Waals surface area contributed by atoms with Gasteiger partial charge in [0.25, 0.3) is 5.69 Å². The van der Waals surface area contributed by atoms with Crippen molar-refractivity contribution < 1.29 is 18.1 Å². The minimum absolute atomic E-state index is 0.0544. The number of nitrogens with one attached hydrogen (secondary N) is 1. The van der Waals surface area contributed by atoms with Crippen molar-refractivity contribution in [3.8, 4) is 5.75 Å². The average molecular weight is 350 g/mol. The number of hydrogen-bond acceptors (Lipinski definition) is 5. The van der Waals surface area contributed by atoms with E-state index in [1.54, 1.807) is 13.0 Å². The van der Waals surface area contributed by atoms with Crippen molar-refractivity contribution in [2.24, 2.45) is 0 Å². The number of para-hydroxylation sites is 1. The monoisotopic (exact) mass is 350 g/mol. The Labute approximate surface area is 140 Å². The summed E-state index contributed by atoms with van der Waals surface area (Å²) in [5.74, 6) is 0.684. The van der Waals surface area contributed by atoms with Gasteiger partial charge in [-0.2, -0.15) is 0 Å². The highest BCUT2D eigenvalue weighted by Gasteiger charge is 2.20. The Morgan fingerprint density at radius 1 is 1.12 bits per heavy atom. The van der Waals surface area contributed by atoms with Crippen LogP contribution in [0.25, 0.3) is 0 Å². The molecule has 0 atom stereocenters. The number of sulfonamides is 1. The SMILES string of the molecule is Cc1ccccc1OCCNS(=O)(=O)c1cc([N+](=O)[O-])ccc1C. The van der Waals surface area contributed by atoms with Gasteiger partial charge in [-0.25, -0.2) is 13.1 Å². The molecule has 0 fully saturated rings. The Morgan fingerprint density at radius 3 is 2.50 bits per heavy atom. The quantitative estimate of drug-likeness (QED) is 0.470. The second kappa shape index (κ2) is 7.41. The van der Waals surface area contributed by atoms with Gasteiger partial charge in [-0.15, -0.1) is 0 Å². The highest BCUT2D eigenvalue weighted by Crippen LogP contribution is 2.21. The van der Waals surface area contributed by atoms with Gasteiger partial charge in [-0.1, -0.05) is 24.3 Å². The fourth-order valence-corrected chi connectivity index (χ4v) is 3.40. The highest BCUT2D eigenvalue weighted by atomic mass is 32.2. The fourth-order valence-electron chi connectivity index (χ4n) is 2.12. The van der Waals surface area contributed by atoms with Crippen LogP contribution in [-0.4, -0.2) is 26.5 Å². The third-order valence-corrected chi connectivity index (χ3v) is 5.02. The lowest BCUT2D eigenvalue weighted by atomic mass is 10.2. The molecule has 8 heteroatoms. The lowest BCUT2D eigenvalue weighted by Crippen LogP contribution is -2.29. The zero-order valence-corrected chi connectivity index (χ0v) is 14.2. The van der Waals surface area contributed by atoms with Gasteiger partial charge in [0.2, 0.25) is 10.0 Å². The standard InChI is InChI=1S/C16H18N2O5S/c1-12-5-3-4-6-15(12)23-10-9-17-24(21,22)16-11-14(18(19)20)8-7-13(16)2/h3-8,11,17H,9-10H2,1-2H3. The van der Waals surface area contributed by atoms with Crippen LogP contribution in [0, 0.1) is 24.0 Å². The fraction of sp³-hybridized carbons (Fsp3) is 0.250. The van der Waals surface area contributed by atoms with Crippen LogP contribution in [0.15, 0.2) is 47.4 Å². The maximum Gasteiger partial charge on any atom is 0.270 e. The summed E-state index contributed by atoms with van der Waals surface area (Å²) in [7, 11) is -3.85. The van der Waals surface area contributed by atoms with E-state index in [2.05, 4.69) is 4.72 Å². The molecule has 0 aliphatic carbocycles. The summed E-state index contributed by atoms with van der Waals surface area (Å²) in [5.41, 5.74) is 1.12. The van der Waals surface area contributed by atoms with E-state index in [9.17, 15) is 18.5 Å². The molecule has 0 unspecified atom stereocenters. The predicted octanol–water partition coefficient (Wildman–Crippen LogP) is 2.57. The van der Waals surface area contributed by atoms with Gasteiger partial charge >= 0.3 is 0 Å². The topological polar surface area (TPSA) is 98.5 Å². The maximum atomic E-state index is 12.3. The van der Waals surface area contributed by atoms with Crippen molar-refractivity contribution in [2.45, 2.75) is 18.7 Å². The molecule has 2 aromatic rings. The van der Waals surface area contributed by atoms with Crippen LogP contribution < -0.4 is 9.46 Å². The minimum Gasteiger partial charge on any atom is -0.492 e. The number of hydrogen-bond donors (Lipinski definition) is 1. The first-order valence-electron chi connectivity index (χ1n) is 7.24. The molecule has 0 saturated heterocycles. The van der Waals surface area contributed by atoms with Crippen LogP contribution >= 0.6 is 0 Å². The van der Waals surface area contributed by atoms with E-state index < -0.39 is 14.9 Å². The first kappa shape index (κ1) is 17.9. The largest absolute Gasteiger partial charge is 0.492 e. The normalized spacial score (nSPS) is 11.2. The second-order valence-electron chi connectivity index (χ2n) is 5.22. The minimum atomic E-state index is -3.85. The molecule has 0 amide bonds. The molecule has 0 aromatic heterocycles. The molecule has 0 radical (unpaired) electrons. The zero-order chi connectivity index (χ0) is 17.7. The van der Waals surface area contributed by atoms with E-state index in [1.807, 2.05) is 25.1 Å². The molecule has 1 N–H and O–H groups in total. The van der Waals surface area contributed by atoms with E-state index in [-0.39, 0.29) is 23.7 Å². The number of nitrogens with zero attached hydrogens (tertiary/aromatic N) is 1. The number of nitro benzene ring substituents is 1. The first-order chi connectivity index (χ1) is 11.3. The van der Waals surface area contributed by atoms with Gasteiger partial charge in [0.1, 0.15) is 12.4 Å². The molecule has 0 aliphatic rings. The van der Waals surface area contributed by atoms with Gasteiger partial charge < -0.3 is 4.74 Å². The Balaban J connectivity index is 2.03. The summed E-state index contributed by atoms with van der Waals surface area (Å²) in [5, 5.41) is 10.8. The summed E-state index contributed by atoms with van der Waals surface area (Å²) in [4.78, 5) is 10.1. The smallest absolute Gasteiger partial charge is 0.270 e. The molecule has 0 aliphatic heterocycles. The highest BCUT2D eigenvalue weighted by molar-refractivity contribution is 7.89. The van der Waals surface area contributed by atoms with E-state index in [4.69, 9.17) is 4.74 Å². The Kier molecular flexibility index (Phi) is 5.53. The Bertz CT molecular complexity index is 849. The second-order valence-corrected chi connectivity index (χ2v) is 6.95. The number of non-ortho nitro benzene ring substituents is 1. The van der Waals surface area contributed by atoms with Crippen molar-refractivity contribution in [1.29, 1.82) is 0 Å². The van der Waals surface area contributed by atoms with E-state index in [1.165, 1.54) is 12.1 Å². The number of rotatable bonds is 7. The molecule has 7 nitrogen and oxygen atoms in total. The van der Waals surface area contributed by atoms with E-state index >= 15 is 0 Å². The van der Waals surface area contributed by atoms with Crippen molar-refractivity contribution >= 4 is 15.7 Å². The molecule has 0 saturated carbocycles. The maximum absolute atomic E-state index is 12.3. The average Bonchev–Trinajstić information content (AvgIpc) is 2.53. The van der Waals surface area contributed by atoms with Gasteiger partial charge in [-0.3, -0.25) is 10.1 Å². The number of nitro groups is 1. The lowest BCUT2D eigenvalue weighted by Gasteiger charge is -2.11. The summed E-state index contributed by atoms with van der Waals surface area (Å²) in [6, 6.07) is 11.2. The van der Waals surface area contributed by atoms with E-state index in [0.717, 1.165) is 11.6 Å². The number of aryl methyl sites for hydroxylation is 2. The molecular weight excluding hydrogens is 332 g/mol. The predicted molar refractivity (Wildman–Crippen MR) is 89.7 cm³/mol. The van der Waals surface area contributed by atoms with Crippen molar-refractivity contribution in [3.05, 3.63) is 63.7 Å². The summed E-state index contributed by atoms with van der Waals surface area (Å²) in [6.07, 6.45) is 0. The van der Waals surface area contributed by atoms with Crippen LogP contribution in [0.3, 0.4) is 0 Å². The van der Waals surface area contributed by atoms with Crippen molar-refractivity contribution in [3.63, 3.8) is 0 Å². The molecule has 128 valence electrons. The van der Waals surface area contributed by atoms with E-state index in [0.29, 0.717) is 11.3 Å². The molecule has 0 bridgehead atoms. The summed E-state index contributed by atoms with van der Waals surface area (Å²) in [6.45, 7) is 3.69. The molecule has 2 rings (SSSR count). The van der Waals surface area contributed by atoms with Gasteiger partial charge in [0.15, 0.2) is 0 Å². The number of benzene rings is 2. The van der Waals surface area contributed by atoms with Gasteiger partial charge in [-0.05, 0) is 31.0 Å². The Morgan fingerprint density at radius 2 is 1.83 bits per heavy atom. The van der Waals surface area contributed by atoms with Crippen LogP contribution in [0.4, 0.5) is 5.69 Å². The van der Waals surface area contributed by atoms with Crippen molar-refractivity contribution in [1.82, 2.24) is 4.72 Å². The van der Waals surface area contributed by atoms with Gasteiger partial charge in [0.05, 0.1) is 9.82 Å². The molecule has 2 aromatic carbocycles. The van der Waals surface area contributed by atoms with Gasteiger partial charge in [0, 0.05) is 18.7 Å². The lowest BCUT2D eigenvalue weighted by molar-refractivity contribution is -0.385. The molecular formula is C16H18N2O5S. The number of ether oxygens (including phenoxy) is 1. The molecule has 0 heterocycles. The zero-order valence-electron chi connectivity index (χ0n) is 13.4. The van der Waals surface area contributed by atoms with Crippen LogP contribution in [0.5, 0.6) is 5.75 Å². The molecule has 0 spiro atoms.